The third kappa shape index (κ3) is 5.51. The number of aromatic hydroxyl groups is 1. The highest BCUT2D eigenvalue weighted by molar-refractivity contribution is 9.10. The normalized spacial score (nSPS) is 10.8. The third-order valence-corrected chi connectivity index (χ3v) is 4.44. The molecule has 0 aromatic heterocycles. The van der Waals surface area contributed by atoms with Gasteiger partial charge in [-0.3, -0.25) is 14.9 Å². The Morgan fingerprint density at radius 1 is 1.33 bits per heavy atom. The predicted octanol–water partition coefficient (Wildman–Crippen LogP) is 3.97. The van der Waals surface area contributed by atoms with Crippen molar-refractivity contribution in [2.75, 3.05) is 6.61 Å². The van der Waals surface area contributed by atoms with Crippen LogP contribution in [0.5, 0.6) is 11.5 Å². The van der Waals surface area contributed by atoms with Crippen LogP contribution in [0.1, 0.15) is 16.7 Å². The van der Waals surface area contributed by atoms with E-state index in [2.05, 4.69) is 42.4 Å². The fourth-order valence-corrected chi connectivity index (χ4v) is 3.52. The van der Waals surface area contributed by atoms with Crippen LogP contribution in [0.3, 0.4) is 0 Å². The summed E-state index contributed by atoms with van der Waals surface area (Å²) in [6, 6.07) is 6.41. The van der Waals surface area contributed by atoms with Crippen LogP contribution in [0.25, 0.3) is 0 Å². The van der Waals surface area contributed by atoms with Gasteiger partial charge in [-0.25, -0.2) is 5.43 Å². The van der Waals surface area contributed by atoms with E-state index in [0.717, 1.165) is 21.8 Å². The van der Waals surface area contributed by atoms with E-state index in [9.17, 15) is 20.0 Å². The summed E-state index contributed by atoms with van der Waals surface area (Å²) in [6.07, 6.45) is 1.11. The maximum atomic E-state index is 11.9. The van der Waals surface area contributed by atoms with Crippen LogP contribution in [0, 0.1) is 24.0 Å². The Balaban J connectivity index is 2.01. The molecule has 0 saturated heterocycles. The zero-order valence-corrected chi connectivity index (χ0v) is 17.5. The summed E-state index contributed by atoms with van der Waals surface area (Å²) in [4.78, 5) is 22.1. The number of aryl methyl sites for hydroxylation is 2. The van der Waals surface area contributed by atoms with E-state index in [1.54, 1.807) is 0 Å². The van der Waals surface area contributed by atoms with Crippen LogP contribution in [0.2, 0.25) is 0 Å². The van der Waals surface area contributed by atoms with Crippen molar-refractivity contribution in [2.45, 2.75) is 13.8 Å². The molecule has 2 N–H and O–H groups in total. The molecule has 0 aliphatic carbocycles. The van der Waals surface area contributed by atoms with Gasteiger partial charge in [-0.05, 0) is 53.0 Å². The number of ether oxygens (including phenoxy) is 1. The molecule has 142 valence electrons. The summed E-state index contributed by atoms with van der Waals surface area (Å²) >= 11 is 6.51. The monoisotopic (exact) mass is 499 g/mol. The highest BCUT2D eigenvalue weighted by Crippen LogP contribution is 2.32. The molecule has 1 amide bonds. The maximum Gasteiger partial charge on any atom is 0.312 e. The minimum atomic E-state index is -0.717. The van der Waals surface area contributed by atoms with Crippen LogP contribution in [-0.2, 0) is 4.79 Å². The number of nitrogens with zero attached hydrogens (tertiary/aromatic N) is 2. The predicted molar refractivity (Wildman–Crippen MR) is 107 cm³/mol. The Bertz CT molecular complexity index is 908. The fourth-order valence-electron chi connectivity index (χ4n) is 2.27. The molecule has 2 rings (SSSR count). The number of hydrogen-bond donors (Lipinski definition) is 2. The number of hydrogen-bond acceptors (Lipinski definition) is 6. The van der Waals surface area contributed by atoms with Crippen LogP contribution in [0.4, 0.5) is 5.69 Å². The van der Waals surface area contributed by atoms with Crippen molar-refractivity contribution in [3.05, 3.63) is 60.0 Å². The van der Waals surface area contributed by atoms with Gasteiger partial charge in [0.05, 0.1) is 15.6 Å². The Morgan fingerprint density at radius 2 is 2.04 bits per heavy atom. The number of amides is 1. The molecule has 27 heavy (non-hydrogen) atoms. The number of phenolic OH excluding ortho intramolecular Hbond substituents is 1. The van der Waals surface area contributed by atoms with Gasteiger partial charge in [0.15, 0.2) is 6.61 Å². The van der Waals surface area contributed by atoms with Crippen molar-refractivity contribution in [2.24, 2.45) is 5.10 Å². The van der Waals surface area contributed by atoms with E-state index in [0.29, 0.717) is 10.2 Å². The Morgan fingerprint density at radius 3 is 2.67 bits per heavy atom. The second-order valence-electron chi connectivity index (χ2n) is 5.59. The highest BCUT2D eigenvalue weighted by Gasteiger charge is 2.17. The Hall–Kier alpha value is -2.46. The molecule has 2 aromatic carbocycles. The van der Waals surface area contributed by atoms with Gasteiger partial charge < -0.3 is 9.84 Å². The van der Waals surface area contributed by atoms with Gasteiger partial charge in [-0.15, -0.1) is 0 Å². The van der Waals surface area contributed by atoms with E-state index in [-0.39, 0.29) is 12.2 Å². The summed E-state index contributed by atoms with van der Waals surface area (Å²) in [5.74, 6) is -0.515. The first kappa shape index (κ1) is 20.8. The lowest BCUT2D eigenvalue weighted by Gasteiger charge is -2.11. The van der Waals surface area contributed by atoms with Gasteiger partial charge in [0.2, 0.25) is 5.75 Å². The zero-order chi connectivity index (χ0) is 20.1. The molecule has 0 aliphatic heterocycles. The van der Waals surface area contributed by atoms with Gasteiger partial charge >= 0.3 is 5.69 Å². The number of nitrogens with one attached hydrogen (secondary N) is 1. The third-order valence-electron chi connectivity index (χ3n) is 3.39. The van der Waals surface area contributed by atoms with Gasteiger partial charge in [-0.2, -0.15) is 5.10 Å². The van der Waals surface area contributed by atoms with Gasteiger partial charge in [-0.1, -0.05) is 22.0 Å². The number of hydrazone groups is 1. The van der Waals surface area contributed by atoms with E-state index >= 15 is 0 Å². The number of carbonyl (C=O) groups excluding carboxylic acids is 1. The van der Waals surface area contributed by atoms with Gasteiger partial charge in [0.1, 0.15) is 5.75 Å². The quantitative estimate of drug-likeness (QED) is 0.354. The molecule has 0 aliphatic rings. The number of phenols is 1. The first-order chi connectivity index (χ1) is 12.7. The molecule has 10 heteroatoms. The molecule has 2 aromatic rings. The minimum Gasteiger partial charge on any atom is -0.502 e. The lowest BCUT2D eigenvalue weighted by Crippen LogP contribution is -2.24. The first-order valence-corrected chi connectivity index (χ1v) is 9.16. The smallest absolute Gasteiger partial charge is 0.312 e. The Labute approximate surface area is 171 Å². The van der Waals surface area contributed by atoms with Crippen LogP contribution < -0.4 is 10.2 Å². The van der Waals surface area contributed by atoms with Crippen LogP contribution >= 0.6 is 31.9 Å². The second-order valence-corrected chi connectivity index (χ2v) is 7.36. The number of halogens is 2. The average Bonchev–Trinajstić information content (AvgIpc) is 2.56. The van der Waals surface area contributed by atoms with Crippen molar-refractivity contribution in [1.82, 2.24) is 5.43 Å². The number of rotatable bonds is 6. The number of benzene rings is 2. The molecule has 0 saturated carbocycles. The standard InChI is InChI=1S/C17H15Br2N3O5/c1-9-3-10(2)17(13(19)4-9)27-8-15(23)21-20-7-11-5-12(18)6-14(16(11)24)22(25)26/h3-7,24H,8H2,1-2H3,(H,21,23)/b20-7+. The fraction of sp³-hybridized carbons (Fsp3) is 0.176. The van der Waals surface area contributed by atoms with Crippen molar-refractivity contribution in [3.63, 3.8) is 0 Å². The molecule has 0 fully saturated rings. The topological polar surface area (TPSA) is 114 Å². The van der Waals surface area contributed by atoms with E-state index < -0.39 is 22.3 Å². The molecule has 0 radical (unpaired) electrons. The van der Waals surface area contributed by atoms with E-state index in [1.807, 2.05) is 26.0 Å². The molecule has 0 unspecified atom stereocenters. The van der Waals surface area contributed by atoms with Crippen LogP contribution in [0.15, 0.2) is 38.3 Å². The van der Waals surface area contributed by atoms with E-state index in [1.165, 1.54) is 12.1 Å². The zero-order valence-electron chi connectivity index (χ0n) is 14.3. The first-order valence-electron chi connectivity index (χ1n) is 7.57. The maximum absolute atomic E-state index is 11.9. The molecule has 0 atom stereocenters. The molecule has 0 heterocycles. The highest BCUT2D eigenvalue weighted by atomic mass is 79.9. The molecule has 8 nitrogen and oxygen atoms in total. The second kappa shape index (κ2) is 8.96. The average molecular weight is 501 g/mol. The lowest BCUT2D eigenvalue weighted by atomic mass is 10.1. The summed E-state index contributed by atoms with van der Waals surface area (Å²) < 4.78 is 6.63. The largest absolute Gasteiger partial charge is 0.502 e. The van der Waals surface area contributed by atoms with Gasteiger partial charge in [0.25, 0.3) is 5.91 Å². The summed E-state index contributed by atoms with van der Waals surface area (Å²) in [5, 5.41) is 24.5. The van der Waals surface area contributed by atoms with Crippen molar-refractivity contribution in [3.8, 4) is 11.5 Å². The number of nitro benzene ring substituents is 1. The van der Waals surface area contributed by atoms with Crippen molar-refractivity contribution >= 4 is 49.7 Å². The Kier molecular flexibility index (Phi) is 6.92. The van der Waals surface area contributed by atoms with Crippen LogP contribution in [-0.4, -0.2) is 28.8 Å². The summed E-state index contributed by atoms with van der Waals surface area (Å²) in [6.45, 7) is 3.54. The van der Waals surface area contributed by atoms with Crippen molar-refractivity contribution in [1.29, 1.82) is 0 Å². The number of nitro groups is 1. The summed E-state index contributed by atoms with van der Waals surface area (Å²) in [5.41, 5.74) is 3.79. The van der Waals surface area contributed by atoms with Gasteiger partial charge in [0, 0.05) is 16.1 Å². The molecular weight excluding hydrogens is 486 g/mol. The molecular formula is C17H15Br2N3O5. The molecule has 0 bridgehead atoms. The number of carbonyl (C=O) groups is 1. The van der Waals surface area contributed by atoms with Crippen molar-refractivity contribution < 1.29 is 19.6 Å². The molecule has 0 spiro atoms. The minimum absolute atomic E-state index is 0.0782. The summed E-state index contributed by atoms with van der Waals surface area (Å²) in [7, 11) is 0. The lowest BCUT2D eigenvalue weighted by molar-refractivity contribution is -0.385. The van der Waals surface area contributed by atoms with E-state index in [4.69, 9.17) is 4.74 Å². The SMILES string of the molecule is Cc1cc(C)c(OCC(=O)N/N=C/c2cc(Br)cc([N+](=O)[O-])c2O)c(Br)c1.